The Hall–Kier alpha value is -7.40. The maximum atomic E-state index is 5.86. The van der Waals surface area contributed by atoms with E-state index < -0.39 is 0 Å². The van der Waals surface area contributed by atoms with Crippen LogP contribution in [0.25, 0.3) is 124 Å². The fourth-order valence-corrected chi connectivity index (χ4v) is 10.8. The number of hydrogen-bond donors (Lipinski definition) is 0. The van der Waals surface area contributed by atoms with Crippen LogP contribution in [0, 0.1) is 0 Å². The summed E-state index contributed by atoms with van der Waals surface area (Å²) >= 11 is 1.89. The molecule has 3 heterocycles. The van der Waals surface area contributed by atoms with Crippen molar-refractivity contribution in [3.8, 4) is 28.2 Å². The second-order valence-corrected chi connectivity index (χ2v) is 16.3. The molecule has 0 atom stereocenters. The highest BCUT2D eigenvalue weighted by Crippen LogP contribution is 2.48. The Morgan fingerprint density at radius 3 is 1.72 bits per heavy atom. The van der Waals surface area contributed by atoms with Gasteiger partial charge < -0.3 is 0 Å². The van der Waals surface area contributed by atoms with Gasteiger partial charge in [-0.2, -0.15) is 0 Å². The summed E-state index contributed by atoms with van der Waals surface area (Å²) < 4.78 is 5.03. The summed E-state index contributed by atoms with van der Waals surface area (Å²) in [5.41, 5.74) is 8.23. The zero-order valence-electron chi connectivity index (χ0n) is 31.1. The van der Waals surface area contributed by atoms with E-state index in [1.165, 1.54) is 68.8 Å². The lowest BCUT2D eigenvalue weighted by molar-refractivity contribution is 1.09. The molecule has 0 aliphatic rings. The van der Waals surface area contributed by atoms with Gasteiger partial charge in [-0.3, -0.25) is 4.57 Å². The molecular weight excluding hydrogens is 723 g/mol. The molecule has 0 fully saturated rings. The van der Waals surface area contributed by atoms with Crippen LogP contribution in [0.15, 0.2) is 188 Å². The minimum atomic E-state index is 0.818. The molecular formula is C54H31N3S. The van der Waals surface area contributed by atoms with Crippen LogP contribution in [-0.2, 0) is 0 Å². The predicted octanol–water partition coefficient (Wildman–Crippen LogP) is 15.0. The van der Waals surface area contributed by atoms with E-state index in [1.54, 1.807) is 0 Å². The summed E-state index contributed by atoms with van der Waals surface area (Å²) in [6.07, 6.45) is 0. The Morgan fingerprint density at radius 2 is 0.966 bits per heavy atom. The highest BCUT2D eigenvalue weighted by atomic mass is 32.1. The maximum absolute atomic E-state index is 5.86. The molecule has 0 bridgehead atoms. The van der Waals surface area contributed by atoms with Crippen LogP contribution in [0.1, 0.15) is 0 Å². The molecule has 0 N–H and O–H groups in total. The third-order valence-electron chi connectivity index (χ3n) is 12.1. The number of rotatable bonds is 3. The van der Waals surface area contributed by atoms with Crippen LogP contribution < -0.4 is 0 Å². The quantitative estimate of drug-likeness (QED) is 0.168. The number of hydrogen-bond acceptors (Lipinski definition) is 3. The normalized spacial score (nSPS) is 12.1. The number of nitrogens with zero attached hydrogens (tertiary/aromatic N) is 3. The molecule has 0 aliphatic carbocycles. The van der Waals surface area contributed by atoms with Gasteiger partial charge in [0.05, 0.1) is 22.1 Å². The number of benzene rings is 10. The molecule has 0 amide bonds. The van der Waals surface area contributed by atoms with Crippen molar-refractivity contribution in [2.45, 2.75) is 0 Å². The Kier molecular flexibility index (Phi) is 6.60. The Bertz CT molecular complexity index is 3860. The summed E-state index contributed by atoms with van der Waals surface area (Å²) in [6.45, 7) is 0. The van der Waals surface area contributed by atoms with Crippen molar-refractivity contribution >= 4 is 107 Å². The standard InChI is InChI=1S/C54H31N3S/c1-2-13-32(14-3-1)35-17-12-18-36(31-35)49-54(56-51-42-24-11-9-22-40(42)39-21-8-10-23-41(39)50(51)55-49)57-45-29-30-46-48(44-28-26-34-16-5-7-20-38(34)53(44)58-46)47(45)43-27-25-33-15-4-6-19-37(33)52(43)57/h1-31H. The van der Waals surface area contributed by atoms with E-state index >= 15 is 0 Å². The van der Waals surface area contributed by atoms with Gasteiger partial charge in [-0.15, -0.1) is 11.3 Å². The fourth-order valence-electron chi connectivity index (χ4n) is 9.56. The van der Waals surface area contributed by atoms with Gasteiger partial charge in [-0.25, -0.2) is 9.97 Å². The first kappa shape index (κ1) is 31.8. The first-order chi connectivity index (χ1) is 28.8. The smallest absolute Gasteiger partial charge is 0.165 e. The molecule has 268 valence electrons. The van der Waals surface area contributed by atoms with E-state index in [-0.39, 0.29) is 0 Å². The van der Waals surface area contributed by atoms with E-state index in [0.717, 1.165) is 55.5 Å². The molecule has 0 saturated heterocycles. The lowest BCUT2D eigenvalue weighted by Gasteiger charge is -2.17. The largest absolute Gasteiger partial charge is 0.291 e. The van der Waals surface area contributed by atoms with Gasteiger partial charge in [0.25, 0.3) is 0 Å². The monoisotopic (exact) mass is 753 g/mol. The second kappa shape index (κ2) is 12.1. The summed E-state index contributed by atoms with van der Waals surface area (Å²) in [4.78, 5) is 11.6. The van der Waals surface area contributed by atoms with Crippen molar-refractivity contribution in [3.63, 3.8) is 0 Å². The second-order valence-electron chi connectivity index (χ2n) is 15.2. The van der Waals surface area contributed by atoms with Crippen LogP contribution in [0.3, 0.4) is 0 Å². The third kappa shape index (κ3) is 4.43. The van der Waals surface area contributed by atoms with E-state index in [2.05, 4.69) is 193 Å². The van der Waals surface area contributed by atoms with E-state index in [4.69, 9.17) is 9.97 Å². The molecule has 0 radical (unpaired) electrons. The van der Waals surface area contributed by atoms with E-state index in [9.17, 15) is 0 Å². The van der Waals surface area contributed by atoms with Gasteiger partial charge in [-0.05, 0) is 56.3 Å². The average Bonchev–Trinajstić information content (AvgIpc) is 3.85. The van der Waals surface area contributed by atoms with Crippen molar-refractivity contribution in [3.05, 3.63) is 188 Å². The molecule has 58 heavy (non-hydrogen) atoms. The molecule has 10 aromatic carbocycles. The first-order valence-electron chi connectivity index (χ1n) is 19.7. The minimum Gasteiger partial charge on any atom is -0.291 e. The summed E-state index contributed by atoms with van der Waals surface area (Å²) in [5.74, 6) is 0.818. The highest BCUT2D eigenvalue weighted by molar-refractivity contribution is 7.27. The van der Waals surface area contributed by atoms with Crippen molar-refractivity contribution in [1.82, 2.24) is 14.5 Å². The van der Waals surface area contributed by atoms with Crippen LogP contribution in [0.5, 0.6) is 0 Å². The molecule has 3 nitrogen and oxygen atoms in total. The molecule has 3 aromatic heterocycles. The topological polar surface area (TPSA) is 30.7 Å². The third-order valence-corrected chi connectivity index (χ3v) is 13.3. The van der Waals surface area contributed by atoms with Gasteiger partial charge in [-0.1, -0.05) is 170 Å². The van der Waals surface area contributed by atoms with Gasteiger partial charge in [0.1, 0.15) is 5.69 Å². The van der Waals surface area contributed by atoms with Crippen LogP contribution in [-0.4, -0.2) is 14.5 Å². The van der Waals surface area contributed by atoms with Crippen molar-refractivity contribution in [2.24, 2.45) is 0 Å². The number of fused-ring (bicyclic) bond motifs is 17. The summed E-state index contributed by atoms with van der Waals surface area (Å²) in [6, 6.07) is 68.1. The van der Waals surface area contributed by atoms with Gasteiger partial charge >= 0.3 is 0 Å². The van der Waals surface area contributed by atoms with Gasteiger partial charge in [0.15, 0.2) is 5.82 Å². The van der Waals surface area contributed by atoms with Crippen LogP contribution >= 0.6 is 11.3 Å². The maximum Gasteiger partial charge on any atom is 0.165 e. The molecule has 0 saturated carbocycles. The van der Waals surface area contributed by atoms with Crippen molar-refractivity contribution in [1.29, 1.82) is 0 Å². The molecule has 0 spiro atoms. The number of thiophene rings is 1. The first-order valence-corrected chi connectivity index (χ1v) is 20.6. The predicted molar refractivity (Wildman–Crippen MR) is 248 cm³/mol. The van der Waals surface area contributed by atoms with E-state index in [0.29, 0.717) is 0 Å². The SMILES string of the molecule is c1ccc(-c2cccc(-c3nc4c5ccccc5c5ccccc5c4nc3-n3c4ccc5sc6c7ccccc7ccc6c5c4c4ccc5ccccc5c43)c2)cc1. The zero-order chi connectivity index (χ0) is 37.9. The molecule has 0 unspecified atom stereocenters. The lowest BCUT2D eigenvalue weighted by atomic mass is 9.98. The van der Waals surface area contributed by atoms with Crippen molar-refractivity contribution in [2.75, 3.05) is 0 Å². The average molecular weight is 754 g/mol. The highest BCUT2D eigenvalue weighted by Gasteiger charge is 2.25. The Morgan fingerprint density at radius 1 is 0.379 bits per heavy atom. The van der Waals surface area contributed by atoms with Crippen LogP contribution in [0.2, 0.25) is 0 Å². The van der Waals surface area contributed by atoms with Gasteiger partial charge in [0, 0.05) is 52.7 Å². The number of aromatic nitrogens is 3. The molecule has 13 rings (SSSR count). The summed E-state index contributed by atoms with van der Waals surface area (Å²) in [5, 5.41) is 14.5. The molecule has 13 aromatic rings. The zero-order valence-corrected chi connectivity index (χ0v) is 32.0. The Balaban J connectivity index is 1.24. The summed E-state index contributed by atoms with van der Waals surface area (Å²) in [7, 11) is 0. The molecule has 4 heteroatoms. The van der Waals surface area contributed by atoms with Crippen molar-refractivity contribution < 1.29 is 0 Å². The fraction of sp³-hybridized carbons (Fsp3) is 0. The molecule has 0 aliphatic heterocycles. The van der Waals surface area contributed by atoms with Gasteiger partial charge in [0.2, 0.25) is 0 Å². The lowest BCUT2D eigenvalue weighted by Crippen LogP contribution is -2.05. The Labute approximate surface area is 336 Å². The van der Waals surface area contributed by atoms with Crippen LogP contribution in [0.4, 0.5) is 0 Å². The minimum absolute atomic E-state index is 0.818. The van der Waals surface area contributed by atoms with E-state index in [1.807, 2.05) is 11.3 Å².